The summed E-state index contributed by atoms with van der Waals surface area (Å²) in [6.45, 7) is 13.5. The van der Waals surface area contributed by atoms with E-state index in [9.17, 15) is 4.79 Å². The Kier molecular flexibility index (Phi) is 7.94. The summed E-state index contributed by atoms with van der Waals surface area (Å²) in [5.41, 5.74) is 2.36. The highest BCUT2D eigenvalue weighted by Gasteiger charge is 2.50. The number of methoxy groups -OCH3 is 2. The molecule has 1 aliphatic rings. The van der Waals surface area contributed by atoms with E-state index < -0.39 is 20.0 Å². The molecule has 0 unspecified atom stereocenters. The molecular formula is C24H39NO4Si. The maximum absolute atomic E-state index is 13.5. The molecule has 1 atom stereocenters. The minimum Gasteiger partial charge on any atom is -0.548 e. The molecule has 0 aliphatic carbocycles. The topological polar surface area (TPSA) is 48.0 Å². The summed E-state index contributed by atoms with van der Waals surface area (Å²) >= 11 is 0. The van der Waals surface area contributed by atoms with Gasteiger partial charge in [0.1, 0.15) is 5.41 Å². The number of ether oxygens (including phenoxy) is 2. The Bertz CT molecular complexity index is 736. The van der Waals surface area contributed by atoms with Crippen LogP contribution >= 0.6 is 0 Å². The Balaban J connectivity index is 2.54. The van der Waals surface area contributed by atoms with Crippen molar-refractivity contribution in [3.63, 3.8) is 0 Å². The fraction of sp³-hybridized carbons (Fsp3) is 0.625. The largest absolute Gasteiger partial charge is 0.548 e. The van der Waals surface area contributed by atoms with Crippen LogP contribution in [0.3, 0.4) is 0 Å². The molecule has 1 aromatic rings. The van der Waals surface area contributed by atoms with Crippen molar-refractivity contribution < 1.29 is 18.7 Å². The number of hydrogen-bond acceptors (Lipinski definition) is 4. The Hall–Kier alpha value is -1.63. The van der Waals surface area contributed by atoms with Gasteiger partial charge in [0, 0.05) is 33.4 Å². The molecule has 0 aromatic heterocycles. The van der Waals surface area contributed by atoms with Crippen LogP contribution in [0.25, 0.3) is 0 Å². The molecule has 6 heteroatoms. The highest BCUT2D eigenvalue weighted by molar-refractivity contribution is 6.77. The Labute approximate surface area is 183 Å². The smallest absolute Gasteiger partial charge is 0.257 e. The van der Waals surface area contributed by atoms with Crippen LogP contribution in [0.1, 0.15) is 53.5 Å². The first-order chi connectivity index (χ1) is 14.1. The van der Waals surface area contributed by atoms with Crippen LogP contribution < -0.4 is 4.90 Å². The number of rotatable bonds is 10. The lowest BCUT2D eigenvalue weighted by Crippen LogP contribution is -2.46. The van der Waals surface area contributed by atoms with E-state index in [1.165, 1.54) is 0 Å². The fourth-order valence-corrected chi connectivity index (χ4v) is 10.4. The average molecular weight is 434 g/mol. The summed E-state index contributed by atoms with van der Waals surface area (Å²) in [5.74, 6) is 0.00792. The number of nitrogens with zero attached hydrogens (tertiary/aromatic N) is 1. The van der Waals surface area contributed by atoms with Gasteiger partial charge in [0.25, 0.3) is 8.32 Å². The number of amides is 1. The van der Waals surface area contributed by atoms with Gasteiger partial charge in [0.2, 0.25) is 5.91 Å². The van der Waals surface area contributed by atoms with Crippen LogP contribution in [-0.4, -0.2) is 41.8 Å². The van der Waals surface area contributed by atoms with E-state index in [1.807, 2.05) is 43.7 Å². The third-order valence-electron chi connectivity index (χ3n) is 6.78. The van der Waals surface area contributed by atoms with Gasteiger partial charge >= 0.3 is 0 Å². The predicted molar refractivity (Wildman–Crippen MR) is 125 cm³/mol. The number of carbonyl (C=O) groups excluding carboxylic acids is 1. The summed E-state index contributed by atoms with van der Waals surface area (Å²) in [6.07, 6.45) is 3.64. The third kappa shape index (κ3) is 4.10. The minimum absolute atomic E-state index is 0.00792. The van der Waals surface area contributed by atoms with Crippen molar-refractivity contribution >= 4 is 19.9 Å². The first-order valence-corrected chi connectivity index (χ1v) is 13.0. The van der Waals surface area contributed by atoms with Crippen LogP contribution in [0.5, 0.6) is 0 Å². The summed E-state index contributed by atoms with van der Waals surface area (Å²) in [4.78, 5) is 15.3. The molecule has 0 N–H and O–H groups in total. The van der Waals surface area contributed by atoms with Crippen LogP contribution in [0, 0.1) is 0 Å². The molecule has 0 saturated heterocycles. The molecule has 1 heterocycles. The zero-order chi connectivity index (χ0) is 22.7. The van der Waals surface area contributed by atoms with Crippen molar-refractivity contribution in [3.8, 4) is 0 Å². The van der Waals surface area contributed by atoms with E-state index in [0.29, 0.717) is 23.0 Å². The second kappa shape index (κ2) is 9.67. The fourth-order valence-electron chi connectivity index (χ4n) is 5.30. The molecule has 168 valence electrons. The molecule has 0 fully saturated rings. The molecular weight excluding hydrogens is 394 g/mol. The molecule has 0 saturated carbocycles. The maximum atomic E-state index is 13.5. The first-order valence-electron chi connectivity index (χ1n) is 10.9. The molecule has 0 radical (unpaired) electrons. The standard InChI is InChI=1S/C24H39NO4Si/c1-17(2)30(18(3)4,19(5)6)29-15-14-24(16-22(27-8)28-9)20-12-10-11-13-21(20)25(7)23(24)26/h10-15,17-19,22H,16H2,1-9H3/b15-14+/t24-/m0/s1. The lowest BCUT2D eigenvalue weighted by Gasteiger charge is -2.41. The Morgan fingerprint density at radius 3 is 2.03 bits per heavy atom. The quantitative estimate of drug-likeness (QED) is 0.273. The number of para-hydroxylation sites is 1. The van der Waals surface area contributed by atoms with Crippen molar-refractivity contribution in [2.75, 3.05) is 26.2 Å². The number of benzene rings is 1. The van der Waals surface area contributed by atoms with Crippen LogP contribution in [-0.2, 0) is 24.1 Å². The number of carbonyl (C=O) groups is 1. The summed E-state index contributed by atoms with van der Waals surface area (Å²) in [6, 6.07) is 7.92. The molecule has 0 bridgehead atoms. The predicted octanol–water partition coefficient (Wildman–Crippen LogP) is 5.62. The normalized spacial score (nSPS) is 19.8. The molecule has 1 aliphatic heterocycles. The molecule has 1 amide bonds. The van der Waals surface area contributed by atoms with Crippen LogP contribution in [0.4, 0.5) is 5.69 Å². The highest BCUT2D eigenvalue weighted by Crippen LogP contribution is 2.47. The van der Waals surface area contributed by atoms with Gasteiger partial charge in [-0.05, 0) is 34.3 Å². The minimum atomic E-state index is -2.09. The van der Waals surface area contributed by atoms with Gasteiger partial charge in [0.15, 0.2) is 6.29 Å². The molecule has 1 aromatic carbocycles. The SMILES string of the molecule is COC(C[C@]1(/C=C/O[Si](C(C)C)(C(C)C)C(C)C)C(=O)N(C)c2ccccc21)OC. The van der Waals surface area contributed by atoms with Crippen molar-refractivity contribution in [2.45, 2.75) is 76.3 Å². The van der Waals surface area contributed by atoms with E-state index in [2.05, 4.69) is 41.5 Å². The van der Waals surface area contributed by atoms with Crippen molar-refractivity contribution in [3.05, 3.63) is 42.2 Å². The second-order valence-electron chi connectivity index (χ2n) is 9.20. The Morgan fingerprint density at radius 1 is 1.00 bits per heavy atom. The van der Waals surface area contributed by atoms with E-state index in [4.69, 9.17) is 13.9 Å². The third-order valence-corrected chi connectivity index (χ3v) is 12.7. The summed E-state index contributed by atoms with van der Waals surface area (Å²) in [5, 5.41) is 0. The first kappa shape index (κ1) is 24.6. The molecule has 30 heavy (non-hydrogen) atoms. The van der Waals surface area contributed by atoms with Crippen molar-refractivity contribution in [2.24, 2.45) is 0 Å². The van der Waals surface area contributed by atoms with E-state index in [1.54, 1.807) is 19.1 Å². The van der Waals surface area contributed by atoms with Crippen LogP contribution in [0.2, 0.25) is 16.6 Å². The van der Waals surface area contributed by atoms with E-state index >= 15 is 0 Å². The van der Waals surface area contributed by atoms with Gasteiger partial charge < -0.3 is 18.8 Å². The molecule has 5 nitrogen and oxygen atoms in total. The van der Waals surface area contributed by atoms with Gasteiger partial charge in [-0.25, -0.2) is 0 Å². The number of hydrogen-bond donors (Lipinski definition) is 0. The number of fused-ring (bicyclic) bond motifs is 1. The molecule has 2 rings (SSSR count). The van der Waals surface area contributed by atoms with Crippen molar-refractivity contribution in [1.29, 1.82) is 0 Å². The average Bonchev–Trinajstić information content (AvgIpc) is 2.91. The zero-order valence-corrected chi connectivity index (χ0v) is 21.1. The number of anilines is 1. The summed E-state index contributed by atoms with van der Waals surface area (Å²) < 4.78 is 17.6. The van der Waals surface area contributed by atoms with Crippen molar-refractivity contribution in [1.82, 2.24) is 0 Å². The Morgan fingerprint density at radius 2 is 1.53 bits per heavy atom. The lowest BCUT2D eigenvalue weighted by molar-refractivity contribution is -0.133. The van der Waals surface area contributed by atoms with E-state index in [0.717, 1.165) is 11.3 Å². The van der Waals surface area contributed by atoms with Gasteiger partial charge in [-0.2, -0.15) is 0 Å². The number of likely N-dealkylation sites (N-methyl/N-ethyl adjacent to an activating group) is 1. The zero-order valence-electron chi connectivity index (χ0n) is 20.1. The van der Waals surface area contributed by atoms with Gasteiger partial charge in [-0.3, -0.25) is 4.79 Å². The monoisotopic (exact) mass is 433 g/mol. The molecule has 0 spiro atoms. The van der Waals surface area contributed by atoms with E-state index in [-0.39, 0.29) is 5.91 Å². The highest BCUT2D eigenvalue weighted by atomic mass is 28.4. The van der Waals surface area contributed by atoms with Gasteiger partial charge in [0.05, 0.1) is 6.26 Å². The maximum Gasteiger partial charge on any atom is 0.257 e. The van der Waals surface area contributed by atoms with Crippen LogP contribution in [0.15, 0.2) is 36.6 Å². The second-order valence-corrected chi connectivity index (χ2v) is 14.6. The van der Waals surface area contributed by atoms with Gasteiger partial charge in [-0.15, -0.1) is 0 Å². The lowest BCUT2D eigenvalue weighted by atomic mass is 9.78. The summed E-state index contributed by atoms with van der Waals surface area (Å²) in [7, 11) is 2.93. The van der Waals surface area contributed by atoms with Gasteiger partial charge in [-0.1, -0.05) is 59.7 Å².